The Hall–Kier alpha value is -1.01. The average Bonchev–Trinajstić information content (AvgIpc) is 2.37. The molecule has 0 radical (unpaired) electrons. The zero-order chi connectivity index (χ0) is 13.1. The molecule has 0 saturated heterocycles. The Balaban J connectivity index is 2.53. The summed E-state index contributed by atoms with van der Waals surface area (Å²) in [5.41, 5.74) is 2.90. The molecule has 1 aromatic carbocycles. The lowest BCUT2D eigenvalue weighted by Crippen LogP contribution is -2.20. The van der Waals surface area contributed by atoms with E-state index in [9.17, 15) is 4.39 Å². The monoisotopic (exact) mass is 356 g/mol. The molecule has 94 valence electrons. The van der Waals surface area contributed by atoms with Crippen molar-refractivity contribution in [3.63, 3.8) is 0 Å². The Morgan fingerprint density at radius 3 is 2.72 bits per heavy atom. The fraction of sp³-hybridized carbons (Fsp3) is 0.214. The number of benzene rings is 1. The first-order valence-corrected chi connectivity index (χ1v) is 6.74. The molecule has 1 aromatic heterocycles. The summed E-state index contributed by atoms with van der Waals surface area (Å²) >= 11 is 2.30. The fourth-order valence-electron chi connectivity index (χ4n) is 1.99. The van der Waals surface area contributed by atoms with Gasteiger partial charge < -0.3 is 5.32 Å². The summed E-state index contributed by atoms with van der Waals surface area (Å²) in [5.74, 6) is -0.283. The number of halogens is 2. The molecule has 4 heteroatoms. The maximum atomic E-state index is 13.8. The standard InChI is InChI=1S/C14H14FIN2/c1-9-4-3-5-11(13(9)16)14(17-2)10-6-7-18-8-12(10)15/h3-8,14,17H,1-2H3. The van der Waals surface area contributed by atoms with Gasteiger partial charge in [-0.25, -0.2) is 4.39 Å². The van der Waals surface area contributed by atoms with Crippen LogP contribution in [0, 0.1) is 16.3 Å². The number of hydrogen-bond donors (Lipinski definition) is 1. The Kier molecular flexibility index (Phi) is 4.29. The van der Waals surface area contributed by atoms with Crippen LogP contribution in [-0.2, 0) is 0 Å². The molecule has 0 aliphatic rings. The van der Waals surface area contributed by atoms with Gasteiger partial charge in [0.15, 0.2) is 0 Å². The van der Waals surface area contributed by atoms with Crippen molar-refractivity contribution in [2.75, 3.05) is 7.05 Å². The van der Waals surface area contributed by atoms with Crippen molar-refractivity contribution in [2.24, 2.45) is 0 Å². The van der Waals surface area contributed by atoms with Crippen LogP contribution < -0.4 is 5.32 Å². The van der Waals surface area contributed by atoms with E-state index in [2.05, 4.69) is 45.9 Å². The summed E-state index contributed by atoms with van der Waals surface area (Å²) < 4.78 is 15.0. The molecule has 0 aliphatic heterocycles. The van der Waals surface area contributed by atoms with Gasteiger partial charge in [-0.05, 0) is 53.8 Å². The minimum Gasteiger partial charge on any atom is -0.309 e. The van der Waals surface area contributed by atoms with Crippen molar-refractivity contribution in [2.45, 2.75) is 13.0 Å². The van der Waals surface area contributed by atoms with Crippen LogP contribution in [0.15, 0.2) is 36.7 Å². The second-order valence-electron chi connectivity index (χ2n) is 4.10. The molecular formula is C14H14FIN2. The highest BCUT2D eigenvalue weighted by Crippen LogP contribution is 2.28. The molecule has 1 unspecified atom stereocenters. The number of nitrogens with one attached hydrogen (secondary N) is 1. The van der Waals surface area contributed by atoms with Gasteiger partial charge >= 0.3 is 0 Å². The molecule has 1 N–H and O–H groups in total. The predicted molar refractivity (Wildman–Crippen MR) is 79.0 cm³/mol. The van der Waals surface area contributed by atoms with Crippen molar-refractivity contribution in [3.05, 3.63) is 62.7 Å². The molecule has 2 aromatic rings. The molecule has 0 saturated carbocycles. The molecule has 0 aliphatic carbocycles. The first-order valence-electron chi connectivity index (χ1n) is 5.67. The minimum absolute atomic E-state index is 0.153. The molecule has 1 heterocycles. The van der Waals surface area contributed by atoms with Crippen molar-refractivity contribution < 1.29 is 4.39 Å². The van der Waals surface area contributed by atoms with Crippen LogP contribution in [0.25, 0.3) is 0 Å². The second kappa shape index (κ2) is 5.75. The summed E-state index contributed by atoms with van der Waals surface area (Å²) in [4.78, 5) is 3.79. The van der Waals surface area contributed by atoms with Crippen LogP contribution >= 0.6 is 22.6 Å². The Labute approximate surface area is 120 Å². The predicted octanol–water partition coefficient (Wildman–Crippen LogP) is 3.44. The van der Waals surface area contributed by atoms with Crippen LogP contribution in [-0.4, -0.2) is 12.0 Å². The van der Waals surface area contributed by atoms with Gasteiger partial charge in [0.25, 0.3) is 0 Å². The molecule has 1 atom stereocenters. The summed E-state index contributed by atoms with van der Waals surface area (Å²) in [6.45, 7) is 2.06. The highest BCUT2D eigenvalue weighted by atomic mass is 127. The molecule has 0 fully saturated rings. The van der Waals surface area contributed by atoms with Gasteiger partial charge in [-0.1, -0.05) is 18.2 Å². The molecular weight excluding hydrogens is 342 g/mol. The van der Waals surface area contributed by atoms with Gasteiger partial charge in [0.05, 0.1) is 12.2 Å². The highest BCUT2D eigenvalue weighted by molar-refractivity contribution is 14.1. The van der Waals surface area contributed by atoms with Gasteiger partial charge in [-0.15, -0.1) is 0 Å². The highest BCUT2D eigenvalue weighted by Gasteiger charge is 2.18. The Bertz CT molecular complexity index is 557. The summed E-state index contributed by atoms with van der Waals surface area (Å²) in [6.07, 6.45) is 2.87. The van der Waals surface area contributed by atoms with Crippen LogP contribution in [0.2, 0.25) is 0 Å². The lowest BCUT2D eigenvalue weighted by Gasteiger charge is -2.20. The van der Waals surface area contributed by atoms with Crippen molar-refractivity contribution >= 4 is 22.6 Å². The van der Waals surface area contributed by atoms with E-state index < -0.39 is 0 Å². The van der Waals surface area contributed by atoms with Crippen molar-refractivity contribution in [3.8, 4) is 0 Å². The van der Waals surface area contributed by atoms with E-state index >= 15 is 0 Å². The third-order valence-corrected chi connectivity index (χ3v) is 4.41. The molecule has 18 heavy (non-hydrogen) atoms. The topological polar surface area (TPSA) is 24.9 Å². The van der Waals surface area contributed by atoms with Gasteiger partial charge in [0.2, 0.25) is 0 Å². The normalized spacial score (nSPS) is 12.4. The fourth-order valence-corrected chi connectivity index (χ4v) is 2.66. The van der Waals surface area contributed by atoms with Gasteiger partial charge in [0, 0.05) is 15.3 Å². The third-order valence-electron chi connectivity index (χ3n) is 2.94. The van der Waals surface area contributed by atoms with Crippen molar-refractivity contribution in [1.29, 1.82) is 0 Å². The van der Waals surface area contributed by atoms with Crippen molar-refractivity contribution in [1.82, 2.24) is 10.3 Å². The molecule has 0 spiro atoms. The second-order valence-corrected chi connectivity index (χ2v) is 5.18. The number of hydrogen-bond acceptors (Lipinski definition) is 2. The number of pyridine rings is 1. The Morgan fingerprint density at radius 2 is 2.06 bits per heavy atom. The van der Waals surface area contributed by atoms with Gasteiger partial charge in [-0.2, -0.15) is 0 Å². The lowest BCUT2D eigenvalue weighted by molar-refractivity contribution is 0.570. The zero-order valence-electron chi connectivity index (χ0n) is 10.2. The lowest BCUT2D eigenvalue weighted by atomic mass is 9.98. The average molecular weight is 356 g/mol. The van der Waals surface area contributed by atoms with Crippen LogP contribution in [0.5, 0.6) is 0 Å². The smallest absolute Gasteiger partial charge is 0.146 e. The molecule has 0 bridgehead atoms. The number of nitrogens with zero attached hydrogens (tertiary/aromatic N) is 1. The first-order chi connectivity index (χ1) is 8.65. The minimum atomic E-state index is -0.283. The van der Waals surface area contributed by atoms with E-state index in [1.807, 2.05) is 19.2 Å². The summed E-state index contributed by atoms with van der Waals surface area (Å²) in [6, 6.07) is 7.64. The number of aryl methyl sites for hydroxylation is 1. The molecule has 0 amide bonds. The van der Waals surface area contributed by atoms with E-state index in [4.69, 9.17) is 0 Å². The van der Waals surface area contributed by atoms with Gasteiger partial charge in [-0.3, -0.25) is 4.98 Å². The molecule has 2 nitrogen and oxygen atoms in total. The SMILES string of the molecule is CNC(c1ccncc1F)c1cccc(C)c1I. The Morgan fingerprint density at radius 1 is 1.28 bits per heavy atom. The van der Waals surface area contributed by atoms with E-state index in [0.717, 1.165) is 9.13 Å². The first kappa shape index (κ1) is 13.4. The summed E-state index contributed by atoms with van der Waals surface area (Å²) in [5, 5.41) is 3.17. The maximum absolute atomic E-state index is 13.8. The van der Waals surface area contributed by atoms with E-state index in [-0.39, 0.29) is 11.9 Å². The summed E-state index contributed by atoms with van der Waals surface area (Å²) in [7, 11) is 1.84. The van der Waals surface area contributed by atoms with Crippen LogP contribution in [0.1, 0.15) is 22.7 Å². The van der Waals surface area contributed by atoms with Crippen LogP contribution in [0.4, 0.5) is 4.39 Å². The van der Waals surface area contributed by atoms with E-state index in [1.54, 1.807) is 12.3 Å². The quantitative estimate of drug-likeness (QED) is 0.853. The largest absolute Gasteiger partial charge is 0.309 e. The zero-order valence-corrected chi connectivity index (χ0v) is 12.4. The number of rotatable bonds is 3. The van der Waals surface area contributed by atoms with E-state index in [0.29, 0.717) is 5.56 Å². The third kappa shape index (κ3) is 2.54. The van der Waals surface area contributed by atoms with Crippen LogP contribution in [0.3, 0.4) is 0 Å². The molecule has 2 rings (SSSR count). The van der Waals surface area contributed by atoms with E-state index in [1.165, 1.54) is 11.8 Å². The number of aromatic nitrogens is 1. The van der Waals surface area contributed by atoms with Gasteiger partial charge in [0.1, 0.15) is 5.82 Å². The maximum Gasteiger partial charge on any atom is 0.146 e.